The molecule has 15 heavy (non-hydrogen) atoms. The van der Waals surface area contributed by atoms with Crippen molar-refractivity contribution in [2.75, 3.05) is 0 Å². The van der Waals surface area contributed by atoms with E-state index in [0.717, 1.165) is 5.76 Å². The first-order valence-electron chi connectivity index (χ1n) is 5.17. The van der Waals surface area contributed by atoms with Crippen LogP contribution in [0.4, 0.5) is 0 Å². The van der Waals surface area contributed by atoms with E-state index in [9.17, 15) is 0 Å². The highest BCUT2D eigenvalue weighted by Crippen LogP contribution is 2.11. The number of hydrogen-bond donors (Lipinski definition) is 0. The molecule has 0 aliphatic rings. The van der Waals surface area contributed by atoms with Crippen molar-refractivity contribution in [1.29, 1.82) is 0 Å². The second-order valence-corrected chi connectivity index (χ2v) is 16.6. The van der Waals surface area contributed by atoms with Crippen LogP contribution in [0, 0.1) is 0 Å². The molecular formula is C12H19OSi2. The van der Waals surface area contributed by atoms with Gasteiger partial charge in [-0.05, 0) is 12.1 Å². The molecular weight excluding hydrogens is 216 g/mol. The highest BCUT2D eigenvalue weighted by atomic mass is 29.2. The molecule has 0 amide bonds. The Labute approximate surface area is 95.3 Å². The normalized spacial score (nSPS) is 11.5. The minimum absolute atomic E-state index is 0.843. The van der Waals surface area contributed by atoms with Gasteiger partial charge in [-0.2, -0.15) is 0 Å². The Hall–Kier alpha value is -0.806. The highest BCUT2D eigenvalue weighted by molar-refractivity contribution is 7.34. The Morgan fingerprint density at radius 3 is 2.13 bits per heavy atom. The maximum Gasteiger partial charge on any atom is 0.295 e. The van der Waals surface area contributed by atoms with Crippen molar-refractivity contribution in [3.8, 4) is 0 Å². The van der Waals surface area contributed by atoms with Crippen LogP contribution in [0.1, 0.15) is 6.92 Å². The zero-order valence-corrected chi connectivity index (χ0v) is 12.0. The largest absolute Gasteiger partial charge is 0.544 e. The minimum Gasteiger partial charge on any atom is -0.544 e. The lowest BCUT2D eigenvalue weighted by molar-refractivity contribution is 0.458. The van der Waals surface area contributed by atoms with E-state index >= 15 is 0 Å². The first-order valence-corrected chi connectivity index (χ1v) is 11.1. The Morgan fingerprint density at radius 1 is 1.20 bits per heavy atom. The highest BCUT2D eigenvalue weighted by Gasteiger charge is 2.34. The maximum absolute atomic E-state index is 5.97. The fourth-order valence-electron chi connectivity index (χ4n) is 1.41. The summed E-state index contributed by atoms with van der Waals surface area (Å²) in [5, 5.41) is 1.37. The van der Waals surface area contributed by atoms with Gasteiger partial charge in [0.2, 0.25) is 0 Å². The van der Waals surface area contributed by atoms with Crippen LogP contribution in [0.5, 0.6) is 0 Å². The minimum atomic E-state index is -1.27. The first kappa shape index (κ1) is 12.3. The molecule has 0 aliphatic heterocycles. The molecule has 0 bridgehead atoms. The lowest BCUT2D eigenvalue weighted by atomic mass is 10.4. The number of rotatable bonds is 4. The van der Waals surface area contributed by atoms with Crippen molar-refractivity contribution < 1.29 is 4.43 Å². The predicted octanol–water partition coefficient (Wildman–Crippen LogP) is 2.85. The quantitative estimate of drug-likeness (QED) is 0.576. The zero-order valence-electron chi connectivity index (χ0n) is 10.0. The third-order valence-corrected chi connectivity index (χ3v) is 10.0. The number of hydrogen-bond acceptors (Lipinski definition) is 1. The second kappa shape index (κ2) is 4.81. The van der Waals surface area contributed by atoms with E-state index in [0.29, 0.717) is 0 Å². The lowest BCUT2D eigenvalue weighted by Crippen LogP contribution is -2.53. The molecule has 0 aliphatic carbocycles. The van der Waals surface area contributed by atoms with Gasteiger partial charge in [0.25, 0.3) is 8.56 Å². The van der Waals surface area contributed by atoms with Crippen LogP contribution in [-0.2, 0) is 4.43 Å². The molecule has 3 heteroatoms. The van der Waals surface area contributed by atoms with Crippen LogP contribution in [-0.4, -0.2) is 16.1 Å². The smallest absolute Gasteiger partial charge is 0.295 e. The van der Waals surface area contributed by atoms with Crippen LogP contribution in [0.2, 0.25) is 19.6 Å². The van der Waals surface area contributed by atoms with Gasteiger partial charge in [0, 0.05) is 0 Å². The molecule has 0 aromatic heterocycles. The summed E-state index contributed by atoms with van der Waals surface area (Å²) in [6, 6.07) is 10.6. The summed E-state index contributed by atoms with van der Waals surface area (Å²) in [4.78, 5) is 0. The SMILES string of the molecule is C=C(C)O[Si](c1ccccc1)[Si](C)(C)C. The van der Waals surface area contributed by atoms with E-state index in [1.165, 1.54) is 5.19 Å². The molecule has 0 unspecified atom stereocenters. The van der Waals surface area contributed by atoms with Gasteiger partial charge in [-0.1, -0.05) is 56.6 Å². The summed E-state index contributed by atoms with van der Waals surface area (Å²) < 4.78 is 5.97. The molecule has 0 atom stereocenters. The second-order valence-electron chi connectivity index (χ2n) is 4.75. The van der Waals surface area contributed by atoms with E-state index in [4.69, 9.17) is 4.43 Å². The molecule has 1 rings (SSSR count). The summed E-state index contributed by atoms with van der Waals surface area (Å²) in [5.74, 6) is 0.843. The molecule has 1 aromatic carbocycles. The maximum atomic E-state index is 5.97. The van der Waals surface area contributed by atoms with Gasteiger partial charge in [0.1, 0.15) is 0 Å². The summed E-state index contributed by atoms with van der Waals surface area (Å²) >= 11 is 0. The van der Waals surface area contributed by atoms with E-state index in [-0.39, 0.29) is 0 Å². The van der Waals surface area contributed by atoms with Gasteiger partial charge in [-0.15, -0.1) is 0 Å². The van der Waals surface area contributed by atoms with Crippen molar-refractivity contribution in [1.82, 2.24) is 0 Å². The lowest BCUT2D eigenvalue weighted by Gasteiger charge is -2.27. The number of benzene rings is 1. The van der Waals surface area contributed by atoms with Crippen LogP contribution >= 0.6 is 0 Å². The fourth-order valence-corrected chi connectivity index (χ4v) is 8.08. The predicted molar refractivity (Wildman–Crippen MR) is 71.1 cm³/mol. The zero-order chi connectivity index (χ0) is 11.5. The average Bonchev–Trinajstić information content (AvgIpc) is 2.14. The molecule has 81 valence electrons. The molecule has 0 saturated heterocycles. The standard InChI is InChI=1S/C12H19OSi2/c1-11(2)13-14(15(3,4)5)12-9-7-6-8-10-12/h6-10H,1H2,2-5H3. The monoisotopic (exact) mass is 235 g/mol. The van der Waals surface area contributed by atoms with E-state index < -0.39 is 16.1 Å². The van der Waals surface area contributed by atoms with Gasteiger partial charge in [0.15, 0.2) is 0 Å². The molecule has 0 fully saturated rings. The van der Waals surface area contributed by atoms with Crippen LogP contribution in [0.15, 0.2) is 42.7 Å². The molecule has 0 N–H and O–H groups in total. The van der Waals surface area contributed by atoms with E-state index in [1.54, 1.807) is 0 Å². The van der Waals surface area contributed by atoms with Gasteiger partial charge >= 0.3 is 0 Å². The average molecular weight is 235 g/mol. The molecule has 0 heterocycles. The van der Waals surface area contributed by atoms with E-state index in [2.05, 4.69) is 50.5 Å². The summed E-state index contributed by atoms with van der Waals surface area (Å²) in [7, 11) is -2.17. The Kier molecular flexibility index (Phi) is 3.93. The van der Waals surface area contributed by atoms with Crippen LogP contribution in [0.25, 0.3) is 0 Å². The van der Waals surface area contributed by atoms with Crippen molar-refractivity contribution in [3.63, 3.8) is 0 Å². The Bertz CT molecular complexity index is 327. The summed E-state index contributed by atoms with van der Waals surface area (Å²) in [6.07, 6.45) is 0. The molecule has 1 nitrogen and oxygen atoms in total. The van der Waals surface area contributed by atoms with E-state index in [1.807, 2.05) is 13.0 Å². The fraction of sp³-hybridized carbons (Fsp3) is 0.333. The molecule has 1 radical (unpaired) electrons. The summed E-state index contributed by atoms with van der Waals surface area (Å²) in [6.45, 7) is 12.9. The van der Waals surface area contributed by atoms with Gasteiger partial charge in [-0.25, -0.2) is 0 Å². The van der Waals surface area contributed by atoms with Crippen LogP contribution in [0.3, 0.4) is 0 Å². The number of allylic oxidation sites excluding steroid dienone is 1. The van der Waals surface area contributed by atoms with Crippen molar-refractivity contribution in [2.45, 2.75) is 26.6 Å². The third-order valence-electron chi connectivity index (χ3n) is 1.99. The van der Waals surface area contributed by atoms with Crippen LogP contribution < -0.4 is 5.19 Å². The Balaban J connectivity index is 2.97. The van der Waals surface area contributed by atoms with Gasteiger partial charge in [-0.3, -0.25) is 0 Å². The molecule has 0 saturated carbocycles. The Morgan fingerprint density at radius 2 is 1.73 bits per heavy atom. The third kappa shape index (κ3) is 3.68. The first-order chi connectivity index (χ1) is 6.91. The molecule has 1 aromatic rings. The topological polar surface area (TPSA) is 9.23 Å². The summed E-state index contributed by atoms with van der Waals surface area (Å²) in [5.41, 5.74) is 0. The van der Waals surface area contributed by atoms with Crippen molar-refractivity contribution >= 4 is 21.3 Å². The molecule has 0 spiro atoms. The van der Waals surface area contributed by atoms with Gasteiger partial charge in [0.05, 0.1) is 13.4 Å². The van der Waals surface area contributed by atoms with Crippen molar-refractivity contribution in [3.05, 3.63) is 42.7 Å². The van der Waals surface area contributed by atoms with Crippen molar-refractivity contribution in [2.24, 2.45) is 0 Å². The van der Waals surface area contributed by atoms with Gasteiger partial charge < -0.3 is 4.43 Å².